The van der Waals surface area contributed by atoms with Gasteiger partial charge >= 0.3 is 0 Å². The topological polar surface area (TPSA) is 28.2 Å². The zero-order valence-corrected chi connectivity index (χ0v) is 12.9. The number of nitrogens with one attached hydrogen (secondary N) is 1. The van der Waals surface area contributed by atoms with Crippen molar-refractivity contribution in [1.29, 1.82) is 0 Å². The van der Waals surface area contributed by atoms with Crippen molar-refractivity contribution in [2.24, 2.45) is 0 Å². The molecule has 3 rings (SSSR count). The lowest BCUT2D eigenvalue weighted by Gasteiger charge is -2.19. The van der Waals surface area contributed by atoms with Crippen LogP contribution in [0.5, 0.6) is 0 Å². The van der Waals surface area contributed by atoms with E-state index >= 15 is 0 Å². The molecule has 2 aromatic rings. The maximum absolute atomic E-state index is 4.74. The highest BCUT2D eigenvalue weighted by molar-refractivity contribution is 7.07. The number of thiophene rings is 1. The van der Waals surface area contributed by atoms with Gasteiger partial charge in [-0.25, -0.2) is 4.98 Å². The third-order valence-electron chi connectivity index (χ3n) is 3.73. The van der Waals surface area contributed by atoms with Crippen molar-refractivity contribution >= 4 is 17.2 Å². The minimum Gasteiger partial charge on any atom is -0.355 e. The molecule has 1 saturated carbocycles. The maximum atomic E-state index is 4.74. The second-order valence-electron chi connectivity index (χ2n) is 5.56. The molecule has 0 radical (unpaired) electrons. The molecule has 0 saturated heterocycles. The van der Waals surface area contributed by atoms with Crippen LogP contribution in [-0.4, -0.2) is 18.1 Å². The predicted octanol–water partition coefficient (Wildman–Crippen LogP) is 3.34. The molecule has 0 atom stereocenters. The molecule has 2 aromatic heterocycles. The Labute approximate surface area is 124 Å². The summed E-state index contributed by atoms with van der Waals surface area (Å²) in [6.07, 6.45) is 2.65. The predicted molar refractivity (Wildman–Crippen MR) is 85.3 cm³/mol. The smallest absolute Gasteiger partial charge is 0.128 e. The number of nitrogens with zero attached hydrogens (tertiary/aromatic N) is 2. The molecule has 0 aromatic carbocycles. The van der Waals surface area contributed by atoms with E-state index in [4.69, 9.17) is 4.98 Å². The summed E-state index contributed by atoms with van der Waals surface area (Å²) >= 11 is 1.74. The Morgan fingerprint density at radius 2 is 2.20 bits per heavy atom. The first-order valence-corrected chi connectivity index (χ1v) is 8.09. The molecule has 1 aliphatic carbocycles. The van der Waals surface area contributed by atoms with Crippen LogP contribution in [0, 0.1) is 6.92 Å². The van der Waals surface area contributed by atoms with Crippen LogP contribution in [-0.2, 0) is 13.1 Å². The van der Waals surface area contributed by atoms with E-state index in [1.165, 1.54) is 24.0 Å². The molecule has 0 amide bonds. The van der Waals surface area contributed by atoms with Gasteiger partial charge in [-0.1, -0.05) is 6.07 Å². The summed E-state index contributed by atoms with van der Waals surface area (Å²) in [5.41, 5.74) is 3.79. The van der Waals surface area contributed by atoms with Crippen LogP contribution in [0.2, 0.25) is 0 Å². The molecule has 20 heavy (non-hydrogen) atoms. The molecular formula is C16H21N3S. The van der Waals surface area contributed by atoms with E-state index in [0.29, 0.717) is 0 Å². The minimum absolute atomic E-state index is 0.746. The minimum atomic E-state index is 0.746. The lowest BCUT2D eigenvalue weighted by atomic mass is 10.2. The summed E-state index contributed by atoms with van der Waals surface area (Å²) in [5, 5.41) is 7.86. The van der Waals surface area contributed by atoms with E-state index in [1.54, 1.807) is 11.3 Å². The summed E-state index contributed by atoms with van der Waals surface area (Å²) in [7, 11) is 2.10. The van der Waals surface area contributed by atoms with Gasteiger partial charge in [0.25, 0.3) is 0 Å². The van der Waals surface area contributed by atoms with Gasteiger partial charge in [-0.15, -0.1) is 0 Å². The molecule has 0 spiro atoms. The standard InChI is InChI=1S/C16H21N3S/c1-12-14(9-17-15-4-5-15)3-6-16(18-12)19(2)10-13-7-8-20-11-13/h3,6-8,11,15,17H,4-5,9-10H2,1-2H3. The van der Waals surface area contributed by atoms with Crippen molar-refractivity contribution in [1.82, 2.24) is 10.3 Å². The monoisotopic (exact) mass is 287 g/mol. The molecule has 0 bridgehead atoms. The lowest BCUT2D eigenvalue weighted by Crippen LogP contribution is -2.19. The van der Waals surface area contributed by atoms with Crippen molar-refractivity contribution in [3.8, 4) is 0 Å². The first kappa shape index (κ1) is 13.6. The molecule has 4 heteroatoms. The number of hydrogen-bond donors (Lipinski definition) is 1. The molecule has 0 unspecified atom stereocenters. The van der Waals surface area contributed by atoms with E-state index < -0.39 is 0 Å². The van der Waals surface area contributed by atoms with Crippen LogP contribution in [0.25, 0.3) is 0 Å². The molecule has 3 nitrogen and oxygen atoms in total. The number of rotatable bonds is 6. The summed E-state index contributed by atoms with van der Waals surface area (Å²) in [6.45, 7) is 3.96. The van der Waals surface area contributed by atoms with Crippen LogP contribution in [0.1, 0.15) is 29.7 Å². The fraction of sp³-hybridized carbons (Fsp3) is 0.438. The highest BCUT2D eigenvalue weighted by Crippen LogP contribution is 2.21. The number of aryl methyl sites for hydroxylation is 1. The number of aromatic nitrogens is 1. The number of anilines is 1. The highest BCUT2D eigenvalue weighted by Gasteiger charge is 2.20. The normalized spacial score (nSPS) is 14.5. The maximum Gasteiger partial charge on any atom is 0.128 e. The largest absolute Gasteiger partial charge is 0.355 e. The second-order valence-corrected chi connectivity index (χ2v) is 6.34. The Balaban J connectivity index is 1.65. The van der Waals surface area contributed by atoms with Gasteiger partial charge in [0.05, 0.1) is 0 Å². The third-order valence-corrected chi connectivity index (χ3v) is 4.46. The Morgan fingerprint density at radius 3 is 2.85 bits per heavy atom. The van der Waals surface area contributed by atoms with Crippen LogP contribution in [0.15, 0.2) is 29.0 Å². The zero-order valence-electron chi connectivity index (χ0n) is 12.1. The van der Waals surface area contributed by atoms with E-state index in [9.17, 15) is 0 Å². The first-order valence-electron chi connectivity index (χ1n) is 7.14. The summed E-state index contributed by atoms with van der Waals surface area (Å²) in [6, 6.07) is 7.25. The molecule has 1 fully saturated rings. The van der Waals surface area contributed by atoms with Crippen LogP contribution in [0.4, 0.5) is 5.82 Å². The second kappa shape index (κ2) is 5.94. The van der Waals surface area contributed by atoms with Crippen molar-refractivity contribution < 1.29 is 0 Å². The average Bonchev–Trinajstić information content (AvgIpc) is 3.13. The van der Waals surface area contributed by atoms with E-state index in [1.807, 2.05) is 0 Å². The van der Waals surface area contributed by atoms with Crippen molar-refractivity contribution in [3.05, 3.63) is 45.8 Å². The van der Waals surface area contributed by atoms with E-state index in [-0.39, 0.29) is 0 Å². The SMILES string of the molecule is Cc1nc(N(C)Cc2ccsc2)ccc1CNC1CC1. The quantitative estimate of drug-likeness (QED) is 0.883. The van der Waals surface area contributed by atoms with Gasteiger partial charge in [-0.3, -0.25) is 0 Å². The molecular weight excluding hydrogens is 266 g/mol. The van der Waals surface area contributed by atoms with Crippen molar-refractivity contribution in [2.45, 2.75) is 38.9 Å². The first-order chi connectivity index (χ1) is 9.72. The van der Waals surface area contributed by atoms with Gasteiger partial charge in [0.15, 0.2) is 0 Å². The Morgan fingerprint density at radius 1 is 1.35 bits per heavy atom. The third kappa shape index (κ3) is 3.38. The van der Waals surface area contributed by atoms with Gasteiger partial charge in [0, 0.05) is 31.9 Å². The summed E-state index contributed by atoms with van der Waals surface area (Å²) in [4.78, 5) is 6.94. The Kier molecular flexibility index (Phi) is 4.03. The number of hydrogen-bond acceptors (Lipinski definition) is 4. The fourth-order valence-corrected chi connectivity index (χ4v) is 2.92. The zero-order chi connectivity index (χ0) is 13.9. The van der Waals surface area contributed by atoms with Crippen molar-refractivity contribution in [2.75, 3.05) is 11.9 Å². The summed E-state index contributed by atoms with van der Waals surface area (Å²) < 4.78 is 0. The van der Waals surface area contributed by atoms with Gasteiger partial charge < -0.3 is 10.2 Å². The van der Waals surface area contributed by atoms with Gasteiger partial charge in [0.2, 0.25) is 0 Å². The lowest BCUT2D eigenvalue weighted by molar-refractivity contribution is 0.682. The van der Waals surface area contributed by atoms with Gasteiger partial charge in [-0.2, -0.15) is 11.3 Å². The Bertz CT molecular complexity index is 561. The van der Waals surface area contributed by atoms with Crippen molar-refractivity contribution in [3.63, 3.8) is 0 Å². The molecule has 0 aliphatic heterocycles. The van der Waals surface area contributed by atoms with Crippen LogP contribution < -0.4 is 10.2 Å². The summed E-state index contributed by atoms with van der Waals surface area (Å²) in [5.74, 6) is 1.05. The Hall–Kier alpha value is -1.39. The van der Waals surface area contributed by atoms with E-state index in [0.717, 1.165) is 30.6 Å². The van der Waals surface area contributed by atoms with Crippen LogP contribution >= 0.6 is 11.3 Å². The molecule has 1 aliphatic rings. The molecule has 1 N–H and O–H groups in total. The average molecular weight is 287 g/mol. The van der Waals surface area contributed by atoms with Crippen LogP contribution in [0.3, 0.4) is 0 Å². The number of pyridine rings is 1. The fourth-order valence-electron chi connectivity index (χ4n) is 2.26. The highest BCUT2D eigenvalue weighted by atomic mass is 32.1. The molecule has 106 valence electrons. The molecule has 2 heterocycles. The van der Waals surface area contributed by atoms with E-state index in [2.05, 4.69) is 53.1 Å². The van der Waals surface area contributed by atoms with Gasteiger partial charge in [0.1, 0.15) is 5.82 Å². The van der Waals surface area contributed by atoms with Gasteiger partial charge in [-0.05, 0) is 53.8 Å².